The van der Waals surface area contributed by atoms with E-state index in [-0.39, 0.29) is 11.3 Å². The fourth-order valence-corrected chi connectivity index (χ4v) is 2.66. The zero-order valence-corrected chi connectivity index (χ0v) is 12.4. The van der Waals surface area contributed by atoms with Crippen LogP contribution in [0.25, 0.3) is 0 Å². The van der Waals surface area contributed by atoms with Crippen LogP contribution in [0, 0.1) is 5.41 Å². The van der Waals surface area contributed by atoms with Gasteiger partial charge < -0.3 is 19.9 Å². The molecule has 1 saturated heterocycles. The highest BCUT2D eigenvalue weighted by atomic mass is 16.5. The van der Waals surface area contributed by atoms with Gasteiger partial charge in [0.1, 0.15) is 5.69 Å². The highest BCUT2D eigenvalue weighted by Gasteiger charge is 2.27. The minimum atomic E-state index is -0.00194. The van der Waals surface area contributed by atoms with E-state index < -0.39 is 0 Å². The predicted molar refractivity (Wildman–Crippen MR) is 78.9 cm³/mol. The summed E-state index contributed by atoms with van der Waals surface area (Å²) >= 11 is 0. The number of carbonyl (C=O) groups excluding carboxylic acids is 1. The second kappa shape index (κ2) is 6.90. The van der Waals surface area contributed by atoms with E-state index in [9.17, 15) is 4.79 Å². The SMILES string of the molecule is COCCn1cccc1C(=O)NCC1(C)CCCNC1. The van der Waals surface area contributed by atoms with Crippen LogP contribution in [0.5, 0.6) is 0 Å². The van der Waals surface area contributed by atoms with Gasteiger partial charge in [-0.15, -0.1) is 0 Å². The molecule has 20 heavy (non-hydrogen) atoms. The Labute approximate surface area is 120 Å². The average molecular weight is 279 g/mol. The highest BCUT2D eigenvalue weighted by Crippen LogP contribution is 2.24. The summed E-state index contributed by atoms with van der Waals surface area (Å²) in [6, 6.07) is 3.75. The molecule has 1 aliphatic rings. The maximum Gasteiger partial charge on any atom is 0.267 e. The molecular weight excluding hydrogens is 254 g/mol. The van der Waals surface area contributed by atoms with E-state index in [4.69, 9.17) is 4.74 Å². The summed E-state index contributed by atoms with van der Waals surface area (Å²) in [7, 11) is 1.67. The normalized spacial score (nSPS) is 22.7. The van der Waals surface area contributed by atoms with E-state index in [2.05, 4.69) is 17.6 Å². The van der Waals surface area contributed by atoms with Crippen LogP contribution in [0.2, 0.25) is 0 Å². The Bertz CT molecular complexity index is 436. The van der Waals surface area contributed by atoms with Crippen molar-refractivity contribution in [3.8, 4) is 0 Å². The molecule has 1 fully saturated rings. The van der Waals surface area contributed by atoms with Gasteiger partial charge >= 0.3 is 0 Å². The third kappa shape index (κ3) is 3.84. The smallest absolute Gasteiger partial charge is 0.267 e. The quantitative estimate of drug-likeness (QED) is 0.824. The van der Waals surface area contributed by atoms with Crippen molar-refractivity contribution in [3.05, 3.63) is 24.0 Å². The topological polar surface area (TPSA) is 55.3 Å². The Morgan fingerprint density at radius 2 is 2.45 bits per heavy atom. The Hall–Kier alpha value is -1.33. The lowest BCUT2D eigenvalue weighted by Gasteiger charge is -2.34. The number of rotatable bonds is 6. The van der Waals surface area contributed by atoms with Crippen LogP contribution in [0.3, 0.4) is 0 Å². The maximum atomic E-state index is 12.3. The van der Waals surface area contributed by atoms with Crippen LogP contribution in [-0.2, 0) is 11.3 Å². The molecule has 2 N–H and O–H groups in total. The first-order chi connectivity index (χ1) is 9.64. The van der Waals surface area contributed by atoms with Crippen LogP contribution in [0.4, 0.5) is 0 Å². The van der Waals surface area contributed by atoms with Crippen molar-refractivity contribution in [1.82, 2.24) is 15.2 Å². The second-order valence-corrected chi connectivity index (χ2v) is 5.85. The number of piperidine rings is 1. The Kier molecular flexibility index (Phi) is 5.20. The lowest BCUT2D eigenvalue weighted by atomic mass is 9.83. The minimum Gasteiger partial charge on any atom is -0.383 e. The summed E-state index contributed by atoms with van der Waals surface area (Å²) in [4.78, 5) is 12.3. The average Bonchev–Trinajstić information content (AvgIpc) is 2.92. The molecule has 112 valence electrons. The molecule has 1 aliphatic heterocycles. The third-order valence-corrected chi connectivity index (χ3v) is 3.96. The Morgan fingerprint density at radius 1 is 1.60 bits per heavy atom. The van der Waals surface area contributed by atoms with Gasteiger partial charge in [0.2, 0.25) is 0 Å². The fraction of sp³-hybridized carbons (Fsp3) is 0.667. The van der Waals surface area contributed by atoms with E-state index >= 15 is 0 Å². The first-order valence-corrected chi connectivity index (χ1v) is 7.28. The Balaban J connectivity index is 1.89. The first-order valence-electron chi connectivity index (χ1n) is 7.28. The molecule has 1 amide bonds. The molecule has 5 heteroatoms. The zero-order chi connectivity index (χ0) is 14.4. The van der Waals surface area contributed by atoms with Gasteiger partial charge in [-0.05, 0) is 36.9 Å². The van der Waals surface area contributed by atoms with Crippen molar-refractivity contribution in [3.63, 3.8) is 0 Å². The molecule has 1 unspecified atom stereocenters. The van der Waals surface area contributed by atoms with Crippen molar-refractivity contribution < 1.29 is 9.53 Å². The van der Waals surface area contributed by atoms with E-state index in [1.54, 1.807) is 7.11 Å². The Morgan fingerprint density at radius 3 is 3.15 bits per heavy atom. The van der Waals surface area contributed by atoms with E-state index in [1.165, 1.54) is 6.42 Å². The van der Waals surface area contributed by atoms with Crippen molar-refractivity contribution in [2.24, 2.45) is 5.41 Å². The number of aromatic nitrogens is 1. The van der Waals surface area contributed by atoms with Gasteiger partial charge in [0.05, 0.1) is 6.61 Å². The predicted octanol–water partition coefficient (Wildman–Crippen LogP) is 1.25. The van der Waals surface area contributed by atoms with E-state index in [0.717, 1.165) is 19.5 Å². The number of methoxy groups -OCH3 is 1. The molecule has 0 aliphatic carbocycles. The van der Waals surface area contributed by atoms with Gasteiger partial charge in [-0.25, -0.2) is 0 Å². The number of amides is 1. The number of hydrogen-bond donors (Lipinski definition) is 2. The molecule has 0 radical (unpaired) electrons. The minimum absolute atomic E-state index is 0.00194. The largest absolute Gasteiger partial charge is 0.383 e. The lowest BCUT2D eigenvalue weighted by Crippen LogP contribution is -2.45. The number of hydrogen-bond acceptors (Lipinski definition) is 3. The number of ether oxygens (including phenoxy) is 1. The first kappa shape index (κ1) is 15.1. The zero-order valence-electron chi connectivity index (χ0n) is 12.4. The molecule has 1 aromatic heterocycles. The van der Waals surface area contributed by atoms with E-state index in [1.807, 2.05) is 22.9 Å². The molecule has 0 bridgehead atoms. The number of carbonyl (C=O) groups is 1. The van der Waals surface area contributed by atoms with Gasteiger partial charge in [0.15, 0.2) is 0 Å². The van der Waals surface area contributed by atoms with Crippen LogP contribution in [-0.4, -0.2) is 43.8 Å². The summed E-state index contributed by atoms with van der Waals surface area (Å²) in [6.07, 6.45) is 4.25. The van der Waals surface area contributed by atoms with Crippen LogP contribution < -0.4 is 10.6 Å². The molecule has 0 spiro atoms. The summed E-state index contributed by atoms with van der Waals surface area (Å²) in [5, 5.41) is 6.47. The molecule has 0 aromatic carbocycles. The van der Waals surface area contributed by atoms with E-state index in [0.29, 0.717) is 25.4 Å². The number of nitrogens with zero attached hydrogens (tertiary/aromatic N) is 1. The van der Waals surface area contributed by atoms with Crippen LogP contribution in [0.15, 0.2) is 18.3 Å². The third-order valence-electron chi connectivity index (χ3n) is 3.96. The lowest BCUT2D eigenvalue weighted by molar-refractivity contribution is 0.0912. The van der Waals surface area contributed by atoms with Crippen molar-refractivity contribution >= 4 is 5.91 Å². The fourth-order valence-electron chi connectivity index (χ4n) is 2.66. The van der Waals surface area contributed by atoms with Crippen LogP contribution >= 0.6 is 0 Å². The van der Waals surface area contributed by atoms with Gasteiger partial charge in [-0.3, -0.25) is 4.79 Å². The van der Waals surface area contributed by atoms with Crippen LogP contribution in [0.1, 0.15) is 30.3 Å². The molecule has 5 nitrogen and oxygen atoms in total. The summed E-state index contributed by atoms with van der Waals surface area (Å²) < 4.78 is 6.99. The van der Waals surface area contributed by atoms with Gasteiger partial charge in [0, 0.05) is 32.9 Å². The highest BCUT2D eigenvalue weighted by molar-refractivity contribution is 5.92. The molecular formula is C15H25N3O2. The van der Waals surface area contributed by atoms with Gasteiger partial charge in [-0.2, -0.15) is 0 Å². The molecule has 1 atom stereocenters. The molecule has 2 rings (SSSR count). The van der Waals surface area contributed by atoms with Gasteiger partial charge in [0.25, 0.3) is 5.91 Å². The van der Waals surface area contributed by atoms with Crippen molar-refractivity contribution in [1.29, 1.82) is 0 Å². The molecule has 0 saturated carbocycles. The maximum absolute atomic E-state index is 12.3. The van der Waals surface area contributed by atoms with Crippen molar-refractivity contribution in [2.45, 2.75) is 26.3 Å². The number of nitrogens with one attached hydrogen (secondary N) is 2. The van der Waals surface area contributed by atoms with Crippen molar-refractivity contribution in [2.75, 3.05) is 33.4 Å². The summed E-state index contributed by atoms with van der Waals surface area (Å²) in [5.41, 5.74) is 0.868. The second-order valence-electron chi connectivity index (χ2n) is 5.85. The summed E-state index contributed by atoms with van der Waals surface area (Å²) in [5.74, 6) is -0.00194. The standard InChI is InChI=1S/C15H25N3O2/c1-15(6-4-7-16-11-15)12-17-14(19)13-5-3-8-18(13)9-10-20-2/h3,5,8,16H,4,6-7,9-12H2,1-2H3,(H,17,19). The molecule has 2 heterocycles. The molecule has 1 aromatic rings. The summed E-state index contributed by atoms with van der Waals surface area (Å²) in [6.45, 7) is 6.31. The monoisotopic (exact) mass is 279 g/mol. The van der Waals surface area contributed by atoms with Gasteiger partial charge in [-0.1, -0.05) is 6.92 Å².